The van der Waals surface area contributed by atoms with E-state index in [4.69, 9.17) is 9.97 Å². The summed E-state index contributed by atoms with van der Waals surface area (Å²) < 4.78 is 7.97. The van der Waals surface area contributed by atoms with Gasteiger partial charge in [0.25, 0.3) is 0 Å². The van der Waals surface area contributed by atoms with Gasteiger partial charge in [-0.25, -0.2) is 28.2 Å². The van der Waals surface area contributed by atoms with Gasteiger partial charge >= 0.3 is 5.97 Å². The van der Waals surface area contributed by atoms with Gasteiger partial charge in [0.1, 0.15) is 27.6 Å². The van der Waals surface area contributed by atoms with E-state index in [-0.39, 0.29) is 6.42 Å². The first-order chi connectivity index (χ1) is 27.3. The number of hydrogen-bond acceptors (Lipinski definition) is 3. The molecule has 0 unspecified atom stereocenters. The Hall–Kier alpha value is -7.33. The second-order valence-electron chi connectivity index (χ2n) is 14.2. The molecule has 272 valence electrons. The summed E-state index contributed by atoms with van der Waals surface area (Å²) in [6, 6.07) is 25.3. The van der Waals surface area contributed by atoms with E-state index in [1.807, 2.05) is 88.7 Å². The number of fused-ring (bicyclic) bond motifs is 8. The first kappa shape index (κ1) is 34.4. The van der Waals surface area contributed by atoms with Crippen LogP contribution in [-0.4, -0.2) is 31.0 Å². The Labute approximate surface area is 323 Å². The zero-order valence-corrected chi connectivity index (χ0v) is 31.3. The van der Waals surface area contributed by atoms with Crippen molar-refractivity contribution < 1.29 is 28.2 Å². The highest BCUT2D eigenvalue weighted by Crippen LogP contribution is 2.37. The van der Waals surface area contributed by atoms with Gasteiger partial charge in [0, 0.05) is 92.9 Å². The van der Waals surface area contributed by atoms with Gasteiger partial charge in [-0.05, 0) is 70.8 Å². The molecule has 10 nitrogen and oxygen atoms in total. The maximum Gasteiger partial charge on any atom is 0.309 e. The number of hydrogen-bond donors (Lipinski definition) is 3. The van der Waals surface area contributed by atoms with E-state index in [9.17, 15) is 9.90 Å². The number of aromatic nitrogens is 8. The Bertz CT molecular complexity index is 2840. The van der Waals surface area contributed by atoms with E-state index in [1.54, 1.807) is 0 Å². The molecule has 0 spiro atoms. The van der Waals surface area contributed by atoms with Gasteiger partial charge in [0.15, 0.2) is 56.1 Å². The van der Waals surface area contributed by atoms with Crippen LogP contribution in [0.3, 0.4) is 0 Å². The first-order valence-corrected chi connectivity index (χ1v) is 18.5. The molecular formula is C46H40N8O2+4. The van der Waals surface area contributed by atoms with Crippen molar-refractivity contribution in [1.82, 2.24) is 19.9 Å². The van der Waals surface area contributed by atoms with Gasteiger partial charge in [-0.3, -0.25) is 4.79 Å². The highest BCUT2D eigenvalue weighted by molar-refractivity contribution is 5.99. The molecule has 7 aromatic rings. The summed E-state index contributed by atoms with van der Waals surface area (Å²) >= 11 is 0. The maximum atomic E-state index is 11.3. The van der Waals surface area contributed by atoms with Crippen LogP contribution < -0.4 is 18.3 Å². The standard InChI is InChI=1S/C46H37N8O2/c1-51-21-12-30(13-22-51)43-34-4-6-36(47-34)44(31-14-23-52(2)24-15-31)38-8-10-40(49-38)46(33-18-27-54(28-19-33)29-20-42(55)56)41-11-9-39(50-41)45(37-7-5-35(43)48-37)32-16-25-53(3)26-17-32/h4-19,21-28H,20,29H2,1-3H3/q+1/p+3. The number of carboxylic acids is 1. The lowest BCUT2D eigenvalue weighted by molar-refractivity contribution is -0.695. The molecule has 0 saturated carbocycles. The average Bonchev–Trinajstić information content (AvgIpc) is 4.04. The summed E-state index contributed by atoms with van der Waals surface area (Å²) in [5.74, 6) is -0.830. The molecule has 0 saturated heterocycles. The molecule has 9 rings (SSSR count). The average molecular weight is 737 g/mol. The molecule has 0 fully saturated rings. The fraction of sp³-hybridized carbons (Fsp3) is 0.109. The minimum atomic E-state index is -0.830. The van der Waals surface area contributed by atoms with Gasteiger partial charge in [0.2, 0.25) is 0 Å². The molecule has 0 aliphatic carbocycles. The number of pyridine rings is 4. The third-order valence-electron chi connectivity index (χ3n) is 10.3. The van der Waals surface area contributed by atoms with Gasteiger partial charge in [-0.2, -0.15) is 0 Å². The van der Waals surface area contributed by atoms with Crippen molar-refractivity contribution >= 4 is 52.3 Å². The van der Waals surface area contributed by atoms with E-state index in [2.05, 4.69) is 107 Å². The summed E-state index contributed by atoms with van der Waals surface area (Å²) in [5.41, 5.74) is 15.0. The molecule has 7 aromatic heterocycles. The Morgan fingerprint density at radius 2 is 0.768 bits per heavy atom. The van der Waals surface area contributed by atoms with Crippen LogP contribution in [0, 0.1) is 0 Å². The van der Waals surface area contributed by atoms with Crippen molar-refractivity contribution in [2.45, 2.75) is 13.0 Å². The lowest BCUT2D eigenvalue weighted by Crippen LogP contribution is -2.33. The van der Waals surface area contributed by atoms with Crippen molar-refractivity contribution in [3.63, 3.8) is 0 Å². The third-order valence-corrected chi connectivity index (χ3v) is 10.3. The lowest BCUT2D eigenvalue weighted by atomic mass is 10.0. The van der Waals surface area contributed by atoms with Crippen molar-refractivity contribution in [2.75, 3.05) is 0 Å². The smallest absolute Gasteiger partial charge is 0.309 e. The van der Waals surface area contributed by atoms with E-state index in [0.29, 0.717) is 6.54 Å². The number of nitrogens with zero attached hydrogens (tertiary/aromatic N) is 6. The minimum Gasteiger partial charge on any atom is -0.481 e. The molecule has 9 heterocycles. The Morgan fingerprint density at radius 3 is 1.05 bits per heavy atom. The second-order valence-corrected chi connectivity index (χ2v) is 14.2. The summed E-state index contributed by atoms with van der Waals surface area (Å²) in [6.07, 6.45) is 24.6. The number of carbonyl (C=O) groups is 1. The van der Waals surface area contributed by atoms with Gasteiger partial charge < -0.3 is 15.1 Å². The fourth-order valence-electron chi connectivity index (χ4n) is 7.42. The zero-order chi connectivity index (χ0) is 38.3. The van der Waals surface area contributed by atoms with Crippen molar-refractivity contribution in [1.29, 1.82) is 0 Å². The van der Waals surface area contributed by atoms with Crippen LogP contribution in [0.2, 0.25) is 0 Å². The number of aryl methyl sites for hydroxylation is 4. The summed E-state index contributed by atoms with van der Waals surface area (Å²) in [4.78, 5) is 29.7. The first-order valence-electron chi connectivity index (χ1n) is 18.5. The minimum absolute atomic E-state index is 0.0435. The molecule has 3 N–H and O–H groups in total. The van der Waals surface area contributed by atoms with Crippen molar-refractivity contribution in [2.24, 2.45) is 21.1 Å². The van der Waals surface area contributed by atoms with E-state index in [1.165, 1.54) is 0 Å². The highest BCUT2D eigenvalue weighted by atomic mass is 16.4. The molecule has 10 heteroatoms. The normalized spacial score (nSPS) is 12.0. The van der Waals surface area contributed by atoms with Crippen LogP contribution in [0.5, 0.6) is 0 Å². The molecule has 2 aliphatic rings. The van der Waals surface area contributed by atoms with Gasteiger partial charge in [0.05, 0.1) is 22.8 Å². The summed E-state index contributed by atoms with van der Waals surface area (Å²) in [5, 5.41) is 9.29. The van der Waals surface area contributed by atoms with Crippen LogP contribution in [-0.2, 0) is 32.5 Å². The summed E-state index contributed by atoms with van der Waals surface area (Å²) in [6.45, 7) is 0.380. The number of H-pyrrole nitrogens is 2. The Morgan fingerprint density at radius 1 is 0.482 bits per heavy atom. The lowest BCUT2D eigenvalue weighted by Gasteiger charge is -2.06. The molecule has 0 radical (unpaired) electrons. The SMILES string of the molecule is C[n+]1ccc(-c2c3nc(c(-c4cc[n+](C)cc4)c4ccc([nH]4)c(-c4cc[n+](CCC(=O)O)cc4)c4nc(c(-c5cc[n+](C)cc5)c5ccc2[nH]5)C=C4)C=C3)cc1. The van der Waals surface area contributed by atoms with Crippen molar-refractivity contribution in [3.05, 3.63) is 145 Å². The van der Waals surface area contributed by atoms with E-state index in [0.717, 1.165) is 89.4 Å². The van der Waals surface area contributed by atoms with Crippen molar-refractivity contribution in [3.8, 4) is 44.5 Å². The zero-order valence-electron chi connectivity index (χ0n) is 31.3. The van der Waals surface area contributed by atoms with Crippen LogP contribution in [0.1, 0.15) is 29.2 Å². The monoisotopic (exact) mass is 736 g/mol. The molecule has 0 amide bonds. The van der Waals surface area contributed by atoms with E-state index < -0.39 is 5.97 Å². The largest absolute Gasteiger partial charge is 0.481 e. The van der Waals surface area contributed by atoms with Gasteiger partial charge in [-0.1, -0.05) is 0 Å². The molecule has 2 aliphatic heterocycles. The quantitative estimate of drug-likeness (QED) is 0.161. The molecule has 0 atom stereocenters. The highest BCUT2D eigenvalue weighted by Gasteiger charge is 2.20. The van der Waals surface area contributed by atoms with Gasteiger partial charge in [-0.15, -0.1) is 0 Å². The Kier molecular flexibility index (Phi) is 8.70. The Balaban J connectivity index is 1.41. The van der Waals surface area contributed by atoms with Crippen LogP contribution in [0.4, 0.5) is 0 Å². The number of rotatable bonds is 7. The summed E-state index contributed by atoms with van der Waals surface area (Å²) in [7, 11) is 6.05. The maximum absolute atomic E-state index is 11.3. The number of nitrogens with one attached hydrogen (secondary N) is 2. The van der Waals surface area contributed by atoms with Crippen LogP contribution in [0.15, 0.2) is 122 Å². The van der Waals surface area contributed by atoms with Crippen LogP contribution >= 0.6 is 0 Å². The predicted molar refractivity (Wildman–Crippen MR) is 217 cm³/mol. The molecule has 0 aromatic carbocycles. The number of aliphatic carboxylic acids is 1. The number of carboxylic acid groups (broad SMARTS) is 1. The fourth-order valence-corrected chi connectivity index (χ4v) is 7.42. The van der Waals surface area contributed by atoms with Crippen LogP contribution in [0.25, 0.3) is 90.9 Å². The topological polar surface area (TPSA) is 110 Å². The molecule has 56 heavy (non-hydrogen) atoms. The second kappa shape index (κ2) is 14.1. The predicted octanol–water partition coefficient (Wildman–Crippen LogP) is 6.56. The third kappa shape index (κ3) is 6.58. The number of aromatic amines is 2. The molecule has 8 bridgehead atoms. The van der Waals surface area contributed by atoms with E-state index >= 15 is 0 Å². The molecular weight excluding hydrogens is 697 g/mol.